The predicted molar refractivity (Wildman–Crippen MR) is 138 cm³/mol. The van der Waals surface area contributed by atoms with Gasteiger partial charge in [0.15, 0.2) is 6.61 Å². The van der Waals surface area contributed by atoms with Crippen molar-refractivity contribution < 1.29 is 19.4 Å². The molecule has 5 heteroatoms. The van der Waals surface area contributed by atoms with E-state index in [1.165, 1.54) is 30.4 Å². The highest BCUT2D eigenvalue weighted by atomic mass is 16.5. The molecule has 1 aromatic heterocycles. The van der Waals surface area contributed by atoms with Crippen LogP contribution in [0.3, 0.4) is 0 Å². The van der Waals surface area contributed by atoms with E-state index in [0.29, 0.717) is 18.3 Å². The smallest absolute Gasteiger partial charge is 0.341 e. The number of aliphatic carboxylic acids is 1. The minimum absolute atomic E-state index is 0.0212. The van der Waals surface area contributed by atoms with Crippen molar-refractivity contribution in [2.45, 2.75) is 37.7 Å². The van der Waals surface area contributed by atoms with Gasteiger partial charge in [-0.1, -0.05) is 55.0 Å². The van der Waals surface area contributed by atoms with Crippen molar-refractivity contribution in [1.29, 1.82) is 0 Å². The SMILES string of the molecule is O=C(O)COc1ccc(C2(c3ccc(OCc4ccc5ccccc5n4)cc3)CC3CCC2C3)cc1. The lowest BCUT2D eigenvalue weighted by Gasteiger charge is -2.39. The van der Waals surface area contributed by atoms with Gasteiger partial charge in [0.1, 0.15) is 18.1 Å². The number of ether oxygens (including phenoxy) is 2. The van der Waals surface area contributed by atoms with Gasteiger partial charge in [-0.2, -0.15) is 0 Å². The van der Waals surface area contributed by atoms with Crippen LogP contribution in [-0.2, 0) is 16.8 Å². The van der Waals surface area contributed by atoms with Crippen molar-refractivity contribution in [3.8, 4) is 11.5 Å². The molecule has 2 bridgehead atoms. The Morgan fingerprint density at radius 1 is 0.861 bits per heavy atom. The van der Waals surface area contributed by atoms with E-state index in [0.717, 1.165) is 34.7 Å². The normalized spacial score (nSPS) is 22.6. The molecule has 6 rings (SSSR count). The average molecular weight is 480 g/mol. The second kappa shape index (κ2) is 9.30. The summed E-state index contributed by atoms with van der Waals surface area (Å²) in [7, 11) is 0. The number of pyridine rings is 1. The Kier molecular flexibility index (Phi) is 5.84. The Labute approximate surface area is 210 Å². The Hall–Kier alpha value is -3.86. The lowest BCUT2D eigenvalue weighted by atomic mass is 9.64. The first kappa shape index (κ1) is 22.6. The Morgan fingerprint density at radius 2 is 1.56 bits per heavy atom. The van der Waals surface area contributed by atoms with E-state index in [9.17, 15) is 4.79 Å². The second-order valence-electron chi connectivity index (χ2n) is 10.1. The van der Waals surface area contributed by atoms with Crippen LogP contribution in [0.15, 0.2) is 84.9 Å². The van der Waals surface area contributed by atoms with Crippen LogP contribution in [0.5, 0.6) is 11.5 Å². The first-order chi connectivity index (χ1) is 17.6. The van der Waals surface area contributed by atoms with Gasteiger partial charge in [0.05, 0.1) is 11.2 Å². The molecule has 0 saturated heterocycles. The average Bonchev–Trinajstić information content (AvgIpc) is 3.54. The number of nitrogens with zero attached hydrogens (tertiary/aromatic N) is 1. The number of rotatable bonds is 8. The molecule has 5 nitrogen and oxygen atoms in total. The summed E-state index contributed by atoms with van der Waals surface area (Å²) in [5.74, 6) is 1.83. The summed E-state index contributed by atoms with van der Waals surface area (Å²) in [5.41, 5.74) is 4.47. The van der Waals surface area contributed by atoms with Gasteiger partial charge in [-0.3, -0.25) is 0 Å². The number of benzene rings is 3. The summed E-state index contributed by atoms with van der Waals surface area (Å²) in [6.45, 7) is 0.100. The molecule has 3 aromatic carbocycles. The minimum atomic E-state index is -0.970. The number of hydrogen-bond donors (Lipinski definition) is 1. The first-order valence-electron chi connectivity index (χ1n) is 12.6. The zero-order valence-electron chi connectivity index (χ0n) is 20.1. The monoisotopic (exact) mass is 479 g/mol. The molecule has 0 radical (unpaired) electrons. The van der Waals surface area contributed by atoms with Crippen LogP contribution in [0.4, 0.5) is 0 Å². The molecule has 2 aliphatic carbocycles. The lowest BCUT2D eigenvalue weighted by molar-refractivity contribution is -0.139. The van der Waals surface area contributed by atoms with Crippen LogP contribution < -0.4 is 9.47 Å². The molecule has 36 heavy (non-hydrogen) atoms. The first-order valence-corrected chi connectivity index (χ1v) is 12.6. The van der Waals surface area contributed by atoms with Crippen molar-refractivity contribution in [2.75, 3.05) is 6.61 Å². The molecule has 0 aliphatic heterocycles. The summed E-state index contributed by atoms with van der Waals surface area (Å²) in [4.78, 5) is 15.5. The van der Waals surface area contributed by atoms with E-state index in [1.807, 2.05) is 36.4 Å². The minimum Gasteiger partial charge on any atom is -0.487 e. The zero-order chi connectivity index (χ0) is 24.5. The Bertz CT molecular complexity index is 1380. The summed E-state index contributed by atoms with van der Waals surface area (Å²) in [6, 6.07) is 28.8. The van der Waals surface area contributed by atoms with Gasteiger partial charge in [-0.05, 0) is 78.6 Å². The lowest BCUT2D eigenvalue weighted by Crippen LogP contribution is -2.34. The quantitative estimate of drug-likeness (QED) is 0.317. The molecule has 1 heterocycles. The zero-order valence-corrected chi connectivity index (χ0v) is 20.1. The summed E-state index contributed by atoms with van der Waals surface area (Å²) in [6.07, 6.45) is 4.97. The molecule has 2 fully saturated rings. The van der Waals surface area contributed by atoms with Gasteiger partial charge < -0.3 is 14.6 Å². The number of aromatic nitrogens is 1. The van der Waals surface area contributed by atoms with Crippen LogP contribution in [-0.4, -0.2) is 22.7 Å². The molecular formula is C31H29NO4. The number of hydrogen-bond acceptors (Lipinski definition) is 4. The van der Waals surface area contributed by atoms with Gasteiger partial charge >= 0.3 is 5.97 Å². The maximum absolute atomic E-state index is 10.8. The van der Waals surface area contributed by atoms with Crippen LogP contribution in [0.2, 0.25) is 0 Å². The third-order valence-electron chi connectivity index (χ3n) is 7.99. The fourth-order valence-corrected chi connectivity index (χ4v) is 6.39. The van der Waals surface area contributed by atoms with Crippen molar-refractivity contribution in [3.63, 3.8) is 0 Å². The van der Waals surface area contributed by atoms with Crippen LogP contribution in [0.1, 0.15) is 42.5 Å². The molecule has 2 aliphatic rings. The van der Waals surface area contributed by atoms with Crippen molar-refractivity contribution in [3.05, 3.63) is 102 Å². The van der Waals surface area contributed by atoms with Crippen LogP contribution >= 0.6 is 0 Å². The summed E-state index contributed by atoms with van der Waals surface area (Å²) in [5, 5.41) is 10.0. The molecule has 1 N–H and O–H groups in total. The van der Waals surface area contributed by atoms with E-state index in [4.69, 9.17) is 19.6 Å². The van der Waals surface area contributed by atoms with E-state index < -0.39 is 5.97 Å². The maximum Gasteiger partial charge on any atom is 0.341 e. The Morgan fingerprint density at radius 3 is 2.19 bits per heavy atom. The fourth-order valence-electron chi connectivity index (χ4n) is 6.39. The molecular weight excluding hydrogens is 450 g/mol. The second-order valence-corrected chi connectivity index (χ2v) is 10.1. The van der Waals surface area contributed by atoms with Crippen LogP contribution in [0.25, 0.3) is 10.9 Å². The number of para-hydroxylation sites is 1. The summed E-state index contributed by atoms with van der Waals surface area (Å²) < 4.78 is 11.5. The summed E-state index contributed by atoms with van der Waals surface area (Å²) >= 11 is 0. The number of carboxylic acids is 1. The van der Waals surface area contributed by atoms with Crippen molar-refractivity contribution in [1.82, 2.24) is 4.98 Å². The third-order valence-corrected chi connectivity index (χ3v) is 7.99. The standard InChI is InChI=1S/C31H29NO4/c33-30(34)20-36-28-15-10-24(11-16-28)31(18-21-5-7-25(31)17-21)23-8-13-27(14-9-23)35-19-26-12-6-22-3-1-2-4-29(22)32-26/h1-4,6,8-16,21,25H,5,7,17-20H2,(H,33,34). The number of fused-ring (bicyclic) bond motifs is 3. The van der Waals surface area contributed by atoms with Crippen molar-refractivity contribution in [2.24, 2.45) is 11.8 Å². The third kappa shape index (κ3) is 4.19. The Balaban J connectivity index is 1.22. The van der Waals surface area contributed by atoms with Gasteiger partial charge in [-0.25, -0.2) is 9.78 Å². The van der Waals surface area contributed by atoms with Crippen molar-refractivity contribution >= 4 is 16.9 Å². The largest absolute Gasteiger partial charge is 0.487 e. The molecule has 3 atom stereocenters. The molecule has 0 amide bonds. The molecule has 182 valence electrons. The molecule has 0 spiro atoms. The predicted octanol–water partition coefficient (Wildman–Crippen LogP) is 6.38. The maximum atomic E-state index is 10.8. The van der Waals surface area contributed by atoms with Crippen LogP contribution in [0, 0.1) is 11.8 Å². The molecule has 3 unspecified atom stereocenters. The van der Waals surface area contributed by atoms with E-state index in [-0.39, 0.29) is 12.0 Å². The highest BCUT2D eigenvalue weighted by molar-refractivity contribution is 5.78. The van der Waals surface area contributed by atoms with E-state index in [2.05, 4.69) is 48.5 Å². The number of carbonyl (C=O) groups is 1. The van der Waals surface area contributed by atoms with Gasteiger partial charge in [0.2, 0.25) is 0 Å². The molecule has 2 saturated carbocycles. The van der Waals surface area contributed by atoms with E-state index in [1.54, 1.807) is 0 Å². The molecule has 4 aromatic rings. The number of carboxylic acid groups (broad SMARTS) is 1. The van der Waals surface area contributed by atoms with Gasteiger partial charge in [0, 0.05) is 10.8 Å². The fraction of sp³-hybridized carbons (Fsp3) is 0.290. The highest BCUT2D eigenvalue weighted by Gasteiger charge is 2.52. The van der Waals surface area contributed by atoms with Gasteiger partial charge in [0.25, 0.3) is 0 Å². The van der Waals surface area contributed by atoms with Gasteiger partial charge in [-0.15, -0.1) is 0 Å². The topological polar surface area (TPSA) is 68.7 Å². The highest BCUT2D eigenvalue weighted by Crippen LogP contribution is 2.60. The van der Waals surface area contributed by atoms with E-state index >= 15 is 0 Å².